The number of nitrogens with zero attached hydrogens (tertiary/aromatic N) is 2. The quantitative estimate of drug-likeness (QED) is 0.127. The van der Waals surface area contributed by atoms with Gasteiger partial charge in [-0.15, -0.1) is 0 Å². The van der Waals surface area contributed by atoms with Gasteiger partial charge in [0.25, 0.3) is 0 Å². The summed E-state index contributed by atoms with van der Waals surface area (Å²) in [6.07, 6.45) is 2.00. The zero-order chi connectivity index (χ0) is 40.9. The van der Waals surface area contributed by atoms with Gasteiger partial charge >= 0.3 is 5.97 Å². The van der Waals surface area contributed by atoms with E-state index in [9.17, 15) is 14.7 Å². The van der Waals surface area contributed by atoms with E-state index >= 15 is 0 Å². The highest BCUT2D eigenvalue weighted by molar-refractivity contribution is 6.42. The summed E-state index contributed by atoms with van der Waals surface area (Å²) in [6, 6.07) is 32.5. The standard InChI is InChI=1S/C47H43Cl2N3O7/c48-39-14-5-32(19-40(39)49)27-57-38-12-10-35(11-13-38)45-28-58-43-22-36-21-42(52(25-31-15-17-56-18-16-31)26-37(36)23-44(43)59-45)46(53)51-41(47(54)55)20-29-1-6-33(7-2-29)34-8-3-30(24-50)4-9-34/h1-14,19,22-23,31,41-42,45H,15-18,20-21,25-28H2,(H,51,53)(H,54,55)/t41-,42-,45?/m0/s1. The molecule has 0 saturated carbocycles. The van der Waals surface area contributed by atoms with Crippen LogP contribution in [0.2, 0.25) is 10.0 Å². The second kappa shape index (κ2) is 18.1. The van der Waals surface area contributed by atoms with Crippen molar-refractivity contribution in [2.45, 2.75) is 57.0 Å². The lowest BCUT2D eigenvalue weighted by molar-refractivity contribution is -0.143. The number of carboxylic acid groups (broad SMARTS) is 1. The number of carbonyl (C=O) groups excluding carboxylic acids is 1. The lowest BCUT2D eigenvalue weighted by Crippen LogP contribution is -2.55. The number of nitrogens with one attached hydrogen (secondary N) is 1. The van der Waals surface area contributed by atoms with Gasteiger partial charge < -0.3 is 29.4 Å². The van der Waals surface area contributed by atoms with Crippen molar-refractivity contribution in [1.29, 1.82) is 5.26 Å². The largest absolute Gasteiger partial charge is 0.489 e. The monoisotopic (exact) mass is 831 g/mol. The van der Waals surface area contributed by atoms with Crippen LogP contribution in [0.15, 0.2) is 103 Å². The molecule has 0 radical (unpaired) electrons. The average Bonchev–Trinajstić information content (AvgIpc) is 3.26. The minimum absolute atomic E-state index is 0.131. The number of amides is 1. The van der Waals surface area contributed by atoms with Crippen LogP contribution in [0.25, 0.3) is 11.1 Å². The van der Waals surface area contributed by atoms with E-state index in [1.54, 1.807) is 24.3 Å². The Morgan fingerprint density at radius 1 is 0.864 bits per heavy atom. The Balaban J connectivity index is 0.946. The summed E-state index contributed by atoms with van der Waals surface area (Å²) in [6.45, 7) is 3.22. The van der Waals surface area contributed by atoms with Crippen molar-refractivity contribution in [3.05, 3.63) is 147 Å². The third-order valence-corrected chi connectivity index (χ3v) is 12.0. The van der Waals surface area contributed by atoms with Crippen LogP contribution >= 0.6 is 23.2 Å². The Bertz CT molecular complexity index is 2340. The SMILES string of the molecule is N#Cc1ccc(-c2ccc(C[C@H](NC(=O)[C@@H]3Cc4cc5c(cc4CN3CC3CCOCC3)OC(c3ccc(OCc4ccc(Cl)c(Cl)c4)cc3)CO5)C(=O)O)cc2)cc1. The molecule has 8 rings (SSSR count). The first-order valence-corrected chi connectivity index (χ1v) is 20.5. The molecule has 0 spiro atoms. The molecule has 1 saturated heterocycles. The fourth-order valence-electron chi connectivity index (χ4n) is 7.93. The van der Waals surface area contributed by atoms with Crippen molar-refractivity contribution >= 4 is 35.1 Å². The second-order valence-electron chi connectivity index (χ2n) is 15.3. The molecule has 3 atom stereocenters. The maximum Gasteiger partial charge on any atom is 0.326 e. The van der Waals surface area contributed by atoms with Gasteiger partial charge in [0.2, 0.25) is 5.91 Å². The fourth-order valence-corrected chi connectivity index (χ4v) is 8.25. The number of hydrogen-bond acceptors (Lipinski definition) is 8. The number of halogens is 2. The molecule has 0 bridgehead atoms. The van der Waals surface area contributed by atoms with E-state index in [-0.39, 0.29) is 18.4 Å². The predicted octanol–water partition coefficient (Wildman–Crippen LogP) is 8.59. The number of aliphatic carboxylic acids is 1. The second-order valence-corrected chi connectivity index (χ2v) is 16.1. The predicted molar refractivity (Wildman–Crippen MR) is 224 cm³/mol. The molecule has 10 nitrogen and oxygen atoms in total. The smallest absolute Gasteiger partial charge is 0.326 e. The van der Waals surface area contributed by atoms with E-state index in [1.165, 1.54) is 0 Å². The van der Waals surface area contributed by atoms with Crippen molar-refractivity contribution in [3.8, 4) is 34.4 Å². The summed E-state index contributed by atoms with van der Waals surface area (Å²) >= 11 is 12.2. The van der Waals surface area contributed by atoms with E-state index in [2.05, 4.69) is 16.3 Å². The van der Waals surface area contributed by atoms with Gasteiger partial charge in [-0.1, -0.05) is 77.8 Å². The Morgan fingerprint density at radius 2 is 1.56 bits per heavy atom. The Morgan fingerprint density at radius 3 is 2.25 bits per heavy atom. The van der Waals surface area contributed by atoms with Gasteiger partial charge in [0.05, 0.1) is 27.7 Å². The first-order valence-electron chi connectivity index (χ1n) is 19.8. The number of nitriles is 1. The number of hydrogen-bond donors (Lipinski definition) is 2. The van der Waals surface area contributed by atoms with E-state index in [4.69, 9.17) is 47.4 Å². The molecule has 3 aliphatic rings. The van der Waals surface area contributed by atoms with Crippen LogP contribution < -0.4 is 19.5 Å². The van der Waals surface area contributed by atoms with Gasteiger partial charge in [-0.2, -0.15) is 5.26 Å². The molecule has 5 aromatic carbocycles. The molecule has 3 aliphatic heterocycles. The molecule has 0 aromatic heterocycles. The van der Waals surface area contributed by atoms with E-state index < -0.39 is 18.1 Å². The van der Waals surface area contributed by atoms with Crippen molar-refractivity contribution < 1.29 is 33.6 Å². The van der Waals surface area contributed by atoms with Crippen LogP contribution in [-0.2, 0) is 40.3 Å². The van der Waals surface area contributed by atoms with E-state index in [0.29, 0.717) is 84.7 Å². The van der Waals surface area contributed by atoms with Crippen molar-refractivity contribution in [3.63, 3.8) is 0 Å². The zero-order valence-electron chi connectivity index (χ0n) is 32.2. The van der Waals surface area contributed by atoms with Gasteiger partial charge in [0.15, 0.2) is 17.6 Å². The van der Waals surface area contributed by atoms with E-state index in [1.807, 2.05) is 78.9 Å². The molecule has 0 aliphatic carbocycles. The van der Waals surface area contributed by atoms with Gasteiger partial charge in [-0.25, -0.2) is 4.79 Å². The van der Waals surface area contributed by atoms with Crippen LogP contribution in [0, 0.1) is 17.2 Å². The molecule has 1 fully saturated rings. The lowest BCUT2D eigenvalue weighted by Gasteiger charge is -2.39. The van der Waals surface area contributed by atoms with Crippen molar-refractivity contribution in [2.24, 2.45) is 5.92 Å². The fraction of sp³-hybridized carbons (Fsp3) is 0.298. The van der Waals surface area contributed by atoms with Gasteiger partial charge in [0.1, 0.15) is 25.0 Å². The third-order valence-electron chi connectivity index (χ3n) is 11.3. The number of ether oxygens (including phenoxy) is 4. The molecule has 12 heteroatoms. The Kier molecular flexibility index (Phi) is 12.4. The molecule has 59 heavy (non-hydrogen) atoms. The van der Waals surface area contributed by atoms with Crippen LogP contribution in [0.1, 0.15) is 52.3 Å². The molecule has 3 heterocycles. The molecular weight excluding hydrogens is 789 g/mol. The van der Waals surface area contributed by atoms with Crippen molar-refractivity contribution in [1.82, 2.24) is 10.2 Å². The molecule has 302 valence electrons. The summed E-state index contributed by atoms with van der Waals surface area (Å²) in [7, 11) is 0. The normalized spacial score (nSPS) is 18.3. The molecule has 2 N–H and O–H groups in total. The van der Waals surface area contributed by atoms with Gasteiger partial charge in [0, 0.05) is 32.7 Å². The maximum atomic E-state index is 14.2. The summed E-state index contributed by atoms with van der Waals surface area (Å²) in [5.74, 6) is 0.906. The lowest BCUT2D eigenvalue weighted by atomic mass is 9.90. The van der Waals surface area contributed by atoms with E-state index in [0.717, 1.165) is 51.8 Å². The number of carboxylic acids is 1. The number of rotatable bonds is 12. The first-order chi connectivity index (χ1) is 28.7. The topological polar surface area (TPSA) is 130 Å². The Labute approximate surface area is 353 Å². The molecule has 5 aromatic rings. The van der Waals surface area contributed by atoms with Crippen LogP contribution in [0.5, 0.6) is 17.2 Å². The highest BCUT2D eigenvalue weighted by atomic mass is 35.5. The Hall–Kier alpha value is -5.57. The molecular formula is C47H43Cl2N3O7. The summed E-state index contributed by atoms with van der Waals surface area (Å²) in [5.41, 5.74) is 7.15. The van der Waals surface area contributed by atoms with Crippen LogP contribution in [-0.4, -0.2) is 60.3 Å². The van der Waals surface area contributed by atoms with Gasteiger partial charge in [-0.3, -0.25) is 9.69 Å². The summed E-state index contributed by atoms with van der Waals surface area (Å²) < 4.78 is 24.4. The highest BCUT2D eigenvalue weighted by Crippen LogP contribution is 2.41. The third kappa shape index (κ3) is 9.67. The van der Waals surface area contributed by atoms with Crippen molar-refractivity contribution in [2.75, 3.05) is 26.4 Å². The molecule has 1 amide bonds. The maximum absolute atomic E-state index is 14.2. The summed E-state index contributed by atoms with van der Waals surface area (Å²) in [4.78, 5) is 28.9. The minimum atomic E-state index is -1.12. The van der Waals surface area contributed by atoms with Crippen LogP contribution in [0.3, 0.4) is 0 Å². The summed E-state index contributed by atoms with van der Waals surface area (Å²) in [5, 5.41) is 23.3. The first kappa shape index (κ1) is 40.2. The minimum Gasteiger partial charge on any atom is -0.489 e. The average molecular weight is 833 g/mol. The van der Waals surface area contributed by atoms with Crippen LogP contribution in [0.4, 0.5) is 0 Å². The number of carbonyl (C=O) groups is 2. The highest BCUT2D eigenvalue weighted by Gasteiger charge is 2.37. The number of fused-ring (bicyclic) bond motifs is 2. The van der Waals surface area contributed by atoms with Gasteiger partial charge in [-0.05, 0) is 113 Å². The zero-order valence-corrected chi connectivity index (χ0v) is 33.8. The number of benzene rings is 5. The molecule has 1 unspecified atom stereocenters.